The Morgan fingerprint density at radius 2 is 1.90 bits per heavy atom. The van der Waals surface area contributed by atoms with Crippen LogP contribution in [0.3, 0.4) is 0 Å². The summed E-state index contributed by atoms with van der Waals surface area (Å²) >= 11 is 0. The minimum atomic E-state index is -1.15. The number of aliphatic hydroxyl groups is 1. The molecule has 0 radical (unpaired) electrons. The Balaban J connectivity index is 2.39. The second kappa shape index (κ2) is 5.84. The molecule has 0 aliphatic heterocycles. The van der Waals surface area contributed by atoms with E-state index in [-0.39, 0.29) is 17.1 Å². The molecule has 110 valence electrons. The summed E-state index contributed by atoms with van der Waals surface area (Å²) in [6, 6.07) is 6.70. The molecule has 1 unspecified atom stereocenters. The maximum Gasteiger partial charge on any atom is 0.272 e. The predicted molar refractivity (Wildman–Crippen MR) is 70.2 cm³/mol. The fourth-order valence-corrected chi connectivity index (χ4v) is 1.82. The summed E-state index contributed by atoms with van der Waals surface area (Å²) in [5.74, 6) is -2.00. The van der Waals surface area contributed by atoms with Crippen molar-refractivity contribution in [3.8, 4) is 11.5 Å². The Labute approximate surface area is 118 Å². The molecule has 0 bridgehead atoms. The van der Waals surface area contributed by atoms with Crippen molar-refractivity contribution in [2.24, 2.45) is 0 Å². The van der Waals surface area contributed by atoms with Gasteiger partial charge >= 0.3 is 0 Å². The lowest BCUT2D eigenvalue weighted by Gasteiger charge is -2.14. The van der Waals surface area contributed by atoms with Crippen molar-refractivity contribution >= 4 is 5.69 Å². The molecule has 2 rings (SSSR count). The van der Waals surface area contributed by atoms with Crippen LogP contribution >= 0.6 is 0 Å². The molecule has 2 aromatic carbocycles. The van der Waals surface area contributed by atoms with Crippen molar-refractivity contribution in [2.75, 3.05) is 0 Å². The van der Waals surface area contributed by atoms with Crippen LogP contribution in [0.25, 0.3) is 0 Å². The molecule has 5 nitrogen and oxygen atoms in total. The first kappa shape index (κ1) is 14.9. The lowest BCUT2D eigenvalue weighted by molar-refractivity contribution is -0.385. The van der Waals surface area contributed by atoms with Crippen molar-refractivity contribution in [3.05, 3.63) is 63.7 Å². The molecular weight excluding hydrogens is 284 g/mol. The van der Waals surface area contributed by atoms with E-state index in [9.17, 15) is 24.0 Å². The smallest absolute Gasteiger partial charge is 0.272 e. The van der Waals surface area contributed by atoms with Crippen LogP contribution in [-0.4, -0.2) is 10.0 Å². The molecule has 0 saturated carbocycles. The van der Waals surface area contributed by atoms with Crippen LogP contribution in [0.1, 0.15) is 18.6 Å². The molecule has 0 fully saturated rings. The van der Waals surface area contributed by atoms with Crippen molar-refractivity contribution in [2.45, 2.75) is 13.0 Å². The normalized spacial score (nSPS) is 12.0. The van der Waals surface area contributed by atoms with Gasteiger partial charge in [-0.2, -0.15) is 0 Å². The van der Waals surface area contributed by atoms with Crippen molar-refractivity contribution in [3.63, 3.8) is 0 Å². The topological polar surface area (TPSA) is 72.6 Å². The Bertz CT molecular complexity index is 689. The highest BCUT2D eigenvalue weighted by Gasteiger charge is 2.18. The third kappa shape index (κ3) is 3.14. The molecule has 0 saturated heterocycles. The van der Waals surface area contributed by atoms with E-state index in [2.05, 4.69) is 0 Å². The summed E-state index contributed by atoms with van der Waals surface area (Å²) in [6.45, 7) is 1.34. The van der Waals surface area contributed by atoms with E-state index in [0.29, 0.717) is 6.07 Å². The zero-order valence-electron chi connectivity index (χ0n) is 10.9. The standard InChI is InChI=1S/C14H11F2NO4/c1-8(18)14-10(15)3-2-4-13(14)21-12-6-5-9(17(19)20)7-11(12)16/h2-8,18H,1H3. The zero-order valence-corrected chi connectivity index (χ0v) is 10.9. The number of benzene rings is 2. The molecule has 2 aromatic rings. The molecule has 1 atom stereocenters. The second-order valence-electron chi connectivity index (χ2n) is 4.30. The Kier molecular flexibility index (Phi) is 4.13. The summed E-state index contributed by atoms with van der Waals surface area (Å²) in [5, 5.41) is 20.1. The van der Waals surface area contributed by atoms with Gasteiger partial charge in [0.25, 0.3) is 5.69 Å². The molecular formula is C14H11F2NO4. The van der Waals surface area contributed by atoms with Gasteiger partial charge in [-0.15, -0.1) is 0 Å². The van der Waals surface area contributed by atoms with Crippen LogP contribution in [0.4, 0.5) is 14.5 Å². The van der Waals surface area contributed by atoms with E-state index < -0.39 is 28.3 Å². The van der Waals surface area contributed by atoms with Gasteiger partial charge in [-0.05, 0) is 25.1 Å². The quantitative estimate of drug-likeness (QED) is 0.689. The van der Waals surface area contributed by atoms with Gasteiger partial charge in [0.05, 0.1) is 22.7 Å². The monoisotopic (exact) mass is 295 g/mol. The highest BCUT2D eigenvalue weighted by molar-refractivity contribution is 5.43. The van der Waals surface area contributed by atoms with Crippen LogP contribution in [-0.2, 0) is 0 Å². The average Bonchev–Trinajstić information content (AvgIpc) is 2.40. The third-order valence-corrected chi connectivity index (χ3v) is 2.78. The molecule has 0 aromatic heterocycles. The minimum absolute atomic E-state index is 0.0576. The summed E-state index contributed by atoms with van der Waals surface area (Å²) in [5.41, 5.74) is -0.537. The van der Waals surface area contributed by atoms with Crippen LogP contribution in [0.2, 0.25) is 0 Å². The maximum absolute atomic E-state index is 13.7. The number of ether oxygens (including phenoxy) is 1. The van der Waals surface area contributed by atoms with Crippen LogP contribution < -0.4 is 4.74 Å². The molecule has 0 aliphatic carbocycles. The molecule has 0 aliphatic rings. The van der Waals surface area contributed by atoms with E-state index in [0.717, 1.165) is 18.2 Å². The number of nitro benzene ring substituents is 1. The SMILES string of the molecule is CC(O)c1c(F)cccc1Oc1ccc([N+](=O)[O-])cc1F. The lowest BCUT2D eigenvalue weighted by atomic mass is 10.1. The van der Waals surface area contributed by atoms with Gasteiger partial charge in [0.1, 0.15) is 11.6 Å². The summed E-state index contributed by atoms with van der Waals surface area (Å²) in [6.07, 6.45) is -1.15. The van der Waals surface area contributed by atoms with Gasteiger partial charge in [0.2, 0.25) is 0 Å². The number of hydrogen-bond acceptors (Lipinski definition) is 4. The van der Waals surface area contributed by atoms with E-state index >= 15 is 0 Å². The maximum atomic E-state index is 13.7. The first-order valence-corrected chi connectivity index (χ1v) is 5.98. The summed E-state index contributed by atoms with van der Waals surface area (Å²) in [4.78, 5) is 9.79. The first-order valence-electron chi connectivity index (χ1n) is 5.98. The molecule has 0 amide bonds. The van der Waals surface area contributed by atoms with Gasteiger partial charge in [0, 0.05) is 6.07 Å². The third-order valence-electron chi connectivity index (χ3n) is 2.78. The Hall–Kier alpha value is -2.54. The van der Waals surface area contributed by atoms with Gasteiger partial charge in [-0.1, -0.05) is 6.07 Å². The van der Waals surface area contributed by atoms with E-state index in [1.807, 2.05) is 0 Å². The molecule has 0 heterocycles. The lowest BCUT2D eigenvalue weighted by Crippen LogP contribution is -2.01. The Morgan fingerprint density at radius 1 is 1.19 bits per heavy atom. The molecule has 1 N–H and O–H groups in total. The van der Waals surface area contributed by atoms with Gasteiger partial charge in [-0.3, -0.25) is 10.1 Å². The highest BCUT2D eigenvalue weighted by Crippen LogP contribution is 2.33. The fraction of sp³-hybridized carbons (Fsp3) is 0.143. The van der Waals surface area contributed by atoms with Crippen LogP contribution in [0.5, 0.6) is 11.5 Å². The average molecular weight is 295 g/mol. The summed E-state index contributed by atoms with van der Waals surface area (Å²) in [7, 11) is 0. The van der Waals surface area contributed by atoms with E-state index in [1.54, 1.807) is 0 Å². The Morgan fingerprint density at radius 3 is 2.48 bits per heavy atom. The van der Waals surface area contributed by atoms with Crippen molar-refractivity contribution in [1.29, 1.82) is 0 Å². The number of nitrogens with zero attached hydrogens (tertiary/aromatic N) is 1. The van der Waals surface area contributed by atoms with Gasteiger partial charge < -0.3 is 9.84 Å². The number of non-ortho nitro benzene ring substituents is 1. The number of hydrogen-bond donors (Lipinski definition) is 1. The van der Waals surface area contributed by atoms with Crippen molar-refractivity contribution < 1.29 is 23.5 Å². The number of nitro groups is 1. The molecule has 21 heavy (non-hydrogen) atoms. The predicted octanol–water partition coefficient (Wildman–Crippen LogP) is 3.72. The number of halogens is 2. The highest BCUT2D eigenvalue weighted by atomic mass is 19.1. The van der Waals surface area contributed by atoms with Crippen molar-refractivity contribution in [1.82, 2.24) is 0 Å². The first-order chi connectivity index (χ1) is 9.90. The zero-order chi connectivity index (χ0) is 15.6. The minimum Gasteiger partial charge on any atom is -0.454 e. The van der Waals surface area contributed by atoms with E-state index in [1.165, 1.54) is 19.1 Å². The van der Waals surface area contributed by atoms with Crippen LogP contribution in [0, 0.1) is 21.7 Å². The second-order valence-corrected chi connectivity index (χ2v) is 4.30. The van der Waals surface area contributed by atoms with E-state index in [4.69, 9.17) is 4.74 Å². The number of rotatable bonds is 4. The number of aliphatic hydroxyl groups excluding tert-OH is 1. The molecule has 7 heteroatoms. The fourth-order valence-electron chi connectivity index (χ4n) is 1.82. The largest absolute Gasteiger partial charge is 0.454 e. The van der Waals surface area contributed by atoms with Gasteiger partial charge in [0.15, 0.2) is 11.6 Å². The van der Waals surface area contributed by atoms with Gasteiger partial charge in [-0.25, -0.2) is 8.78 Å². The van der Waals surface area contributed by atoms with Crippen LogP contribution in [0.15, 0.2) is 36.4 Å². The summed E-state index contributed by atoms with van der Waals surface area (Å²) < 4.78 is 32.6. The molecule has 0 spiro atoms.